The van der Waals surface area contributed by atoms with Crippen LogP contribution in [0.15, 0.2) is 55.0 Å². The third-order valence-corrected chi connectivity index (χ3v) is 3.37. The van der Waals surface area contributed by atoms with Gasteiger partial charge in [-0.3, -0.25) is 4.79 Å². The van der Waals surface area contributed by atoms with Gasteiger partial charge in [-0.25, -0.2) is 4.98 Å². The summed E-state index contributed by atoms with van der Waals surface area (Å²) in [6.45, 7) is 0. The number of aromatic nitrogens is 2. The smallest absolute Gasteiger partial charge is 0.143 e. The lowest BCUT2D eigenvalue weighted by molar-refractivity contribution is -0.117. The highest BCUT2D eigenvalue weighted by Gasteiger charge is 2.08. The first kappa shape index (κ1) is 13.1. The summed E-state index contributed by atoms with van der Waals surface area (Å²) in [5.41, 5.74) is 3.35. The lowest BCUT2D eigenvalue weighted by atomic mass is 10.0. The van der Waals surface area contributed by atoms with E-state index in [1.165, 1.54) is 0 Å². The molecule has 2 heterocycles. The zero-order valence-corrected chi connectivity index (χ0v) is 11.4. The Balaban J connectivity index is 1.77. The van der Waals surface area contributed by atoms with Crippen LogP contribution >= 0.6 is 0 Å². The molecule has 0 saturated heterocycles. The predicted molar refractivity (Wildman–Crippen MR) is 78.8 cm³/mol. The zero-order valence-electron chi connectivity index (χ0n) is 11.4. The molecule has 3 aromatic rings. The third-order valence-electron chi connectivity index (χ3n) is 3.37. The van der Waals surface area contributed by atoms with Crippen LogP contribution in [0.2, 0.25) is 0 Å². The van der Waals surface area contributed by atoms with E-state index in [0.717, 1.165) is 16.8 Å². The third kappa shape index (κ3) is 2.82. The van der Waals surface area contributed by atoms with Gasteiger partial charge in [-0.05, 0) is 29.8 Å². The Hall–Kier alpha value is -2.93. The van der Waals surface area contributed by atoms with Gasteiger partial charge in [-0.15, -0.1) is 0 Å². The van der Waals surface area contributed by atoms with Crippen molar-refractivity contribution in [2.24, 2.45) is 0 Å². The van der Waals surface area contributed by atoms with Crippen LogP contribution in [0.4, 0.5) is 0 Å². The van der Waals surface area contributed by atoms with Crippen molar-refractivity contribution >= 4 is 11.3 Å². The van der Waals surface area contributed by atoms with Crippen molar-refractivity contribution in [1.82, 2.24) is 9.38 Å². The van der Waals surface area contributed by atoms with E-state index in [4.69, 9.17) is 5.26 Å². The van der Waals surface area contributed by atoms with E-state index in [9.17, 15) is 4.79 Å². The van der Waals surface area contributed by atoms with E-state index in [1.54, 1.807) is 30.7 Å². The largest absolute Gasteiger partial charge is 0.303 e. The minimum Gasteiger partial charge on any atom is -0.303 e. The molecule has 2 aromatic heterocycles. The van der Waals surface area contributed by atoms with Crippen molar-refractivity contribution in [3.05, 3.63) is 71.8 Å². The fourth-order valence-corrected chi connectivity index (χ4v) is 2.39. The van der Waals surface area contributed by atoms with Gasteiger partial charge >= 0.3 is 0 Å². The van der Waals surface area contributed by atoms with Crippen molar-refractivity contribution < 1.29 is 4.79 Å². The summed E-state index contributed by atoms with van der Waals surface area (Å²) < 4.78 is 1.92. The van der Waals surface area contributed by atoms with Gasteiger partial charge in [0.05, 0.1) is 29.7 Å². The highest BCUT2D eigenvalue weighted by atomic mass is 16.1. The molecular weight excluding hydrogens is 262 g/mol. The first-order valence-electron chi connectivity index (χ1n) is 6.67. The van der Waals surface area contributed by atoms with Gasteiger partial charge in [0, 0.05) is 18.5 Å². The molecule has 0 bridgehead atoms. The Morgan fingerprint density at radius 3 is 2.90 bits per heavy atom. The van der Waals surface area contributed by atoms with Crippen molar-refractivity contribution in [3.63, 3.8) is 0 Å². The number of imidazole rings is 1. The molecule has 0 saturated carbocycles. The van der Waals surface area contributed by atoms with Crippen molar-refractivity contribution in [3.8, 4) is 6.07 Å². The predicted octanol–water partition coefficient (Wildman–Crippen LogP) is 2.56. The number of pyridine rings is 1. The molecule has 0 radical (unpaired) electrons. The van der Waals surface area contributed by atoms with E-state index >= 15 is 0 Å². The molecule has 0 fully saturated rings. The van der Waals surface area contributed by atoms with Crippen LogP contribution in [-0.2, 0) is 17.6 Å². The topological polar surface area (TPSA) is 58.2 Å². The number of rotatable bonds is 4. The molecule has 0 spiro atoms. The second-order valence-electron chi connectivity index (χ2n) is 4.91. The van der Waals surface area contributed by atoms with Crippen LogP contribution in [-0.4, -0.2) is 15.2 Å². The number of fused-ring (bicyclic) bond motifs is 1. The maximum absolute atomic E-state index is 12.2. The highest BCUT2D eigenvalue weighted by molar-refractivity contribution is 5.83. The van der Waals surface area contributed by atoms with E-state index in [0.29, 0.717) is 18.4 Å². The number of nitriles is 1. The summed E-state index contributed by atoms with van der Waals surface area (Å²) in [5.74, 6) is 0.117. The number of hydrogen-bond donors (Lipinski definition) is 0. The molecule has 0 aliphatic rings. The molecule has 102 valence electrons. The van der Waals surface area contributed by atoms with Gasteiger partial charge < -0.3 is 4.40 Å². The maximum Gasteiger partial charge on any atom is 0.143 e. The molecule has 0 unspecified atom stereocenters. The fourth-order valence-electron chi connectivity index (χ4n) is 2.39. The number of carbonyl (C=O) groups excluding carboxylic acids is 1. The second kappa shape index (κ2) is 5.59. The summed E-state index contributed by atoms with van der Waals surface area (Å²) in [4.78, 5) is 16.3. The summed E-state index contributed by atoms with van der Waals surface area (Å²) in [6.07, 6.45) is 4.17. The number of carbonyl (C=O) groups is 1. The Kier molecular flexibility index (Phi) is 3.48. The number of hydrogen-bond acceptors (Lipinski definition) is 3. The van der Waals surface area contributed by atoms with E-state index < -0.39 is 0 Å². The first-order valence-corrected chi connectivity index (χ1v) is 6.67. The number of benzene rings is 1. The van der Waals surface area contributed by atoms with Crippen LogP contribution in [0.1, 0.15) is 16.8 Å². The highest BCUT2D eigenvalue weighted by Crippen LogP contribution is 2.10. The normalized spacial score (nSPS) is 10.4. The summed E-state index contributed by atoms with van der Waals surface area (Å²) in [5, 5.41) is 8.88. The molecule has 3 rings (SSSR count). The SMILES string of the molecule is N#Cc1cccc(CC(=O)Cc2cccc3cncn23)c1. The molecule has 4 heteroatoms. The van der Waals surface area contributed by atoms with Crippen molar-refractivity contribution in [1.29, 1.82) is 5.26 Å². The quantitative estimate of drug-likeness (QED) is 0.735. The van der Waals surface area contributed by atoms with Gasteiger partial charge in [0.15, 0.2) is 0 Å². The lowest BCUT2D eigenvalue weighted by Crippen LogP contribution is -2.09. The zero-order chi connectivity index (χ0) is 14.7. The summed E-state index contributed by atoms with van der Waals surface area (Å²) in [6, 6.07) is 15.1. The Morgan fingerprint density at radius 1 is 1.19 bits per heavy atom. The second-order valence-corrected chi connectivity index (χ2v) is 4.91. The Labute approximate surface area is 122 Å². The molecule has 0 amide bonds. The van der Waals surface area contributed by atoms with Gasteiger partial charge in [0.25, 0.3) is 0 Å². The lowest BCUT2D eigenvalue weighted by Gasteiger charge is -2.05. The fraction of sp³-hybridized carbons (Fsp3) is 0.118. The number of ketones is 1. The molecule has 1 aromatic carbocycles. The molecular formula is C17H13N3O. The Morgan fingerprint density at radius 2 is 2.05 bits per heavy atom. The average Bonchev–Trinajstić information content (AvgIpc) is 2.97. The molecule has 0 atom stereocenters. The molecule has 4 nitrogen and oxygen atoms in total. The van der Waals surface area contributed by atoms with Gasteiger partial charge in [0.2, 0.25) is 0 Å². The maximum atomic E-state index is 12.2. The molecule has 0 N–H and O–H groups in total. The first-order chi connectivity index (χ1) is 10.3. The minimum absolute atomic E-state index is 0.117. The Bertz CT molecular complexity index is 842. The number of Topliss-reactive ketones (excluding diaryl/α,β-unsaturated/α-hetero) is 1. The van der Waals surface area contributed by atoms with Gasteiger partial charge in [-0.2, -0.15) is 5.26 Å². The van der Waals surface area contributed by atoms with Crippen molar-refractivity contribution in [2.75, 3.05) is 0 Å². The molecule has 21 heavy (non-hydrogen) atoms. The average molecular weight is 275 g/mol. The van der Waals surface area contributed by atoms with Crippen LogP contribution in [0, 0.1) is 11.3 Å². The number of nitrogens with zero attached hydrogens (tertiary/aromatic N) is 3. The van der Waals surface area contributed by atoms with Crippen molar-refractivity contribution in [2.45, 2.75) is 12.8 Å². The van der Waals surface area contributed by atoms with E-state index in [-0.39, 0.29) is 5.78 Å². The van der Waals surface area contributed by atoms with Crippen LogP contribution in [0.25, 0.3) is 5.52 Å². The summed E-state index contributed by atoms with van der Waals surface area (Å²) >= 11 is 0. The molecule has 0 aliphatic carbocycles. The van der Waals surface area contributed by atoms with Gasteiger partial charge in [-0.1, -0.05) is 18.2 Å². The van der Waals surface area contributed by atoms with Gasteiger partial charge in [0.1, 0.15) is 5.78 Å². The standard InChI is InChI=1S/C17H13N3O/c18-10-14-4-1-3-13(7-14)8-17(21)9-15-5-2-6-16-11-19-12-20(15)16/h1-7,11-12H,8-9H2. The molecule has 0 aliphatic heterocycles. The minimum atomic E-state index is 0.117. The van der Waals surface area contributed by atoms with Crippen LogP contribution < -0.4 is 0 Å². The van der Waals surface area contributed by atoms with Crippen LogP contribution in [0.3, 0.4) is 0 Å². The van der Waals surface area contributed by atoms with Crippen LogP contribution in [0.5, 0.6) is 0 Å². The van der Waals surface area contributed by atoms with E-state index in [1.807, 2.05) is 28.7 Å². The monoisotopic (exact) mass is 275 g/mol. The van der Waals surface area contributed by atoms with E-state index in [2.05, 4.69) is 11.1 Å². The summed E-state index contributed by atoms with van der Waals surface area (Å²) in [7, 11) is 0.